The molecule has 98 valence electrons. The predicted molar refractivity (Wildman–Crippen MR) is 70.0 cm³/mol. The van der Waals surface area contributed by atoms with Gasteiger partial charge in [-0.2, -0.15) is 0 Å². The number of hydrogen-bond donors (Lipinski definition) is 2. The lowest BCUT2D eigenvalue weighted by atomic mass is 10.2. The van der Waals surface area contributed by atoms with Gasteiger partial charge in [-0.05, 0) is 43.5 Å². The van der Waals surface area contributed by atoms with Crippen LogP contribution in [0.15, 0.2) is 18.2 Å². The Labute approximate surface area is 107 Å². The Balaban J connectivity index is 1.80. The molecule has 0 spiro atoms. The van der Waals surface area contributed by atoms with E-state index in [0.29, 0.717) is 23.8 Å². The molecule has 1 aromatic rings. The highest BCUT2D eigenvalue weighted by molar-refractivity contribution is 5.92. The van der Waals surface area contributed by atoms with Gasteiger partial charge in [0.15, 0.2) is 0 Å². The lowest BCUT2D eigenvalue weighted by Gasteiger charge is -2.12. The van der Waals surface area contributed by atoms with Crippen molar-refractivity contribution in [3.05, 3.63) is 29.6 Å². The van der Waals surface area contributed by atoms with Gasteiger partial charge >= 0.3 is 0 Å². The standard InChI is InChI=1S/C14H19FN2O/c1-10-8-12(6-7-13(10)15)17-14(18)9-16-11-4-2-3-5-11/h6-8,11,16H,2-5,9H2,1H3,(H,17,18). The molecule has 2 rings (SSSR count). The van der Waals surface area contributed by atoms with Crippen molar-refractivity contribution in [2.24, 2.45) is 0 Å². The van der Waals surface area contributed by atoms with E-state index >= 15 is 0 Å². The van der Waals surface area contributed by atoms with Crippen molar-refractivity contribution in [1.82, 2.24) is 5.32 Å². The van der Waals surface area contributed by atoms with Crippen LogP contribution in [0.3, 0.4) is 0 Å². The quantitative estimate of drug-likeness (QED) is 0.862. The molecule has 0 aromatic heterocycles. The fourth-order valence-electron chi connectivity index (χ4n) is 2.29. The third-order valence-corrected chi connectivity index (χ3v) is 3.35. The minimum atomic E-state index is -0.253. The van der Waals surface area contributed by atoms with E-state index in [-0.39, 0.29) is 11.7 Å². The molecule has 3 nitrogen and oxygen atoms in total. The van der Waals surface area contributed by atoms with Gasteiger partial charge in [0.05, 0.1) is 6.54 Å². The number of benzene rings is 1. The number of rotatable bonds is 4. The molecule has 18 heavy (non-hydrogen) atoms. The van der Waals surface area contributed by atoms with Crippen LogP contribution in [0.25, 0.3) is 0 Å². The molecule has 1 saturated carbocycles. The first-order chi connectivity index (χ1) is 8.65. The number of carbonyl (C=O) groups excluding carboxylic acids is 1. The summed E-state index contributed by atoms with van der Waals surface area (Å²) >= 11 is 0. The minimum Gasteiger partial charge on any atom is -0.325 e. The Morgan fingerprint density at radius 3 is 2.78 bits per heavy atom. The lowest BCUT2D eigenvalue weighted by Crippen LogP contribution is -2.34. The third-order valence-electron chi connectivity index (χ3n) is 3.35. The maximum absolute atomic E-state index is 13.1. The Hall–Kier alpha value is -1.42. The van der Waals surface area contributed by atoms with Crippen molar-refractivity contribution < 1.29 is 9.18 Å². The highest BCUT2D eigenvalue weighted by Crippen LogP contribution is 2.17. The number of halogens is 1. The molecule has 4 heteroatoms. The molecule has 0 unspecified atom stereocenters. The zero-order chi connectivity index (χ0) is 13.0. The molecule has 1 fully saturated rings. The van der Waals surface area contributed by atoms with Crippen LogP contribution in [0.1, 0.15) is 31.2 Å². The van der Waals surface area contributed by atoms with Gasteiger partial charge in [-0.15, -0.1) is 0 Å². The summed E-state index contributed by atoms with van der Waals surface area (Å²) in [4.78, 5) is 11.7. The van der Waals surface area contributed by atoms with E-state index in [2.05, 4.69) is 10.6 Å². The van der Waals surface area contributed by atoms with Crippen molar-refractivity contribution >= 4 is 11.6 Å². The Bertz CT molecular complexity index is 428. The fourth-order valence-corrected chi connectivity index (χ4v) is 2.29. The summed E-state index contributed by atoms with van der Waals surface area (Å²) in [6, 6.07) is 5.07. The molecule has 0 radical (unpaired) electrons. The highest BCUT2D eigenvalue weighted by atomic mass is 19.1. The summed E-state index contributed by atoms with van der Waals surface area (Å²) < 4.78 is 13.1. The lowest BCUT2D eigenvalue weighted by molar-refractivity contribution is -0.115. The second kappa shape index (κ2) is 5.96. The van der Waals surface area contributed by atoms with Gasteiger partial charge in [0.2, 0.25) is 5.91 Å². The van der Waals surface area contributed by atoms with Crippen molar-refractivity contribution in [2.75, 3.05) is 11.9 Å². The Morgan fingerprint density at radius 2 is 2.11 bits per heavy atom. The first-order valence-corrected chi connectivity index (χ1v) is 6.44. The first kappa shape index (κ1) is 13.0. The number of amides is 1. The van der Waals surface area contributed by atoms with E-state index in [9.17, 15) is 9.18 Å². The number of carbonyl (C=O) groups is 1. The zero-order valence-electron chi connectivity index (χ0n) is 10.6. The van der Waals surface area contributed by atoms with Crippen molar-refractivity contribution in [3.63, 3.8) is 0 Å². The maximum atomic E-state index is 13.1. The van der Waals surface area contributed by atoms with Gasteiger partial charge in [-0.3, -0.25) is 4.79 Å². The van der Waals surface area contributed by atoms with Crippen LogP contribution in [0.5, 0.6) is 0 Å². The largest absolute Gasteiger partial charge is 0.325 e. The summed E-state index contributed by atoms with van der Waals surface area (Å²) in [6.45, 7) is 2.00. The van der Waals surface area contributed by atoms with E-state index in [0.717, 1.165) is 12.8 Å². The van der Waals surface area contributed by atoms with Crippen LogP contribution < -0.4 is 10.6 Å². The van der Waals surface area contributed by atoms with Crippen LogP contribution in [0.4, 0.5) is 10.1 Å². The third kappa shape index (κ3) is 3.53. The topological polar surface area (TPSA) is 41.1 Å². The molecule has 1 aliphatic rings. The van der Waals surface area contributed by atoms with Crippen LogP contribution in [0.2, 0.25) is 0 Å². The molecule has 2 N–H and O–H groups in total. The van der Waals surface area contributed by atoms with Gasteiger partial charge in [0.1, 0.15) is 5.82 Å². The van der Waals surface area contributed by atoms with E-state index in [1.165, 1.54) is 18.9 Å². The maximum Gasteiger partial charge on any atom is 0.238 e. The van der Waals surface area contributed by atoms with Crippen molar-refractivity contribution in [1.29, 1.82) is 0 Å². The normalized spacial score (nSPS) is 15.9. The second-order valence-electron chi connectivity index (χ2n) is 4.87. The predicted octanol–water partition coefficient (Wildman–Crippen LogP) is 2.60. The van der Waals surface area contributed by atoms with Crippen LogP contribution >= 0.6 is 0 Å². The molecular weight excluding hydrogens is 231 g/mol. The number of anilines is 1. The van der Waals surface area contributed by atoms with Gasteiger partial charge in [0, 0.05) is 11.7 Å². The van der Waals surface area contributed by atoms with E-state index < -0.39 is 0 Å². The number of hydrogen-bond acceptors (Lipinski definition) is 2. The van der Waals surface area contributed by atoms with E-state index in [4.69, 9.17) is 0 Å². The van der Waals surface area contributed by atoms with Crippen molar-refractivity contribution in [3.8, 4) is 0 Å². The van der Waals surface area contributed by atoms with Gasteiger partial charge < -0.3 is 10.6 Å². The molecule has 1 aliphatic carbocycles. The summed E-state index contributed by atoms with van der Waals surface area (Å²) in [6.07, 6.45) is 4.80. The summed E-state index contributed by atoms with van der Waals surface area (Å²) in [7, 11) is 0. The smallest absolute Gasteiger partial charge is 0.238 e. The number of aryl methyl sites for hydroxylation is 1. The van der Waals surface area contributed by atoms with Crippen molar-refractivity contribution in [2.45, 2.75) is 38.6 Å². The summed E-state index contributed by atoms with van der Waals surface area (Å²) in [5.74, 6) is -0.329. The number of nitrogens with one attached hydrogen (secondary N) is 2. The van der Waals surface area contributed by atoms with E-state index in [1.807, 2.05) is 0 Å². The molecule has 0 heterocycles. The SMILES string of the molecule is Cc1cc(NC(=O)CNC2CCCC2)ccc1F. The first-order valence-electron chi connectivity index (χ1n) is 6.44. The summed E-state index contributed by atoms with van der Waals surface area (Å²) in [5, 5.41) is 6.01. The molecule has 0 aliphatic heterocycles. The molecular formula is C14H19FN2O. The zero-order valence-corrected chi connectivity index (χ0v) is 10.6. The van der Waals surface area contributed by atoms with Gasteiger partial charge in [-0.25, -0.2) is 4.39 Å². The average Bonchev–Trinajstić information content (AvgIpc) is 2.84. The highest BCUT2D eigenvalue weighted by Gasteiger charge is 2.15. The van der Waals surface area contributed by atoms with Gasteiger partial charge in [0.25, 0.3) is 0 Å². The van der Waals surface area contributed by atoms with Crippen LogP contribution in [0, 0.1) is 12.7 Å². The van der Waals surface area contributed by atoms with Gasteiger partial charge in [-0.1, -0.05) is 12.8 Å². The molecule has 1 amide bonds. The molecule has 0 saturated heterocycles. The molecule has 0 bridgehead atoms. The average molecular weight is 250 g/mol. The minimum absolute atomic E-state index is 0.0760. The fraction of sp³-hybridized carbons (Fsp3) is 0.500. The van der Waals surface area contributed by atoms with E-state index in [1.54, 1.807) is 19.1 Å². The second-order valence-corrected chi connectivity index (χ2v) is 4.87. The Kier molecular flexibility index (Phi) is 4.31. The Morgan fingerprint density at radius 1 is 1.39 bits per heavy atom. The van der Waals surface area contributed by atoms with Crippen LogP contribution in [-0.2, 0) is 4.79 Å². The molecule has 0 atom stereocenters. The van der Waals surface area contributed by atoms with Crippen LogP contribution in [-0.4, -0.2) is 18.5 Å². The summed E-state index contributed by atoms with van der Waals surface area (Å²) in [5.41, 5.74) is 1.18. The molecule has 1 aromatic carbocycles. The monoisotopic (exact) mass is 250 g/mol.